The van der Waals surface area contributed by atoms with Crippen molar-refractivity contribution in [3.8, 4) is 11.4 Å². The van der Waals surface area contributed by atoms with Crippen LogP contribution < -0.4 is 16.0 Å². The predicted molar refractivity (Wildman–Crippen MR) is 85.4 cm³/mol. The van der Waals surface area contributed by atoms with E-state index < -0.39 is 0 Å². The molecule has 2 N–H and O–H groups in total. The Bertz CT molecular complexity index is 765. The SMILES string of the molecule is COc1cccc(-n2nc3c(cc2=O)CC(C)(C)CC3N)c1. The Morgan fingerprint density at radius 3 is 2.86 bits per heavy atom. The van der Waals surface area contributed by atoms with Crippen molar-refractivity contribution < 1.29 is 4.74 Å². The fourth-order valence-electron chi connectivity index (χ4n) is 3.17. The molecule has 0 fully saturated rings. The molecule has 22 heavy (non-hydrogen) atoms. The Morgan fingerprint density at radius 1 is 1.36 bits per heavy atom. The minimum Gasteiger partial charge on any atom is -0.497 e. The van der Waals surface area contributed by atoms with Crippen LogP contribution >= 0.6 is 0 Å². The standard InChI is InChI=1S/C17H21N3O2/c1-17(2)9-11-7-15(21)20(19-16(11)14(18)10-17)12-5-4-6-13(8-12)22-3/h4-8,14H,9-10,18H2,1-3H3. The maximum atomic E-state index is 12.4. The predicted octanol–water partition coefficient (Wildman–Crippen LogP) is 2.21. The van der Waals surface area contributed by atoms with Gasteiger partial charge in [0.05, 0.1) is 18.5 Å². The summed E-state index contributed by atoms with van der Waals surface area (Å²) in [5, 5.41) is 4.53. The number of nitrogens with two attached hydrogens (primary N) is 1. The molecule has 1 unspecified atom stereocenters. The number of aromatic nitrogens is 2. The summed E-state index contributed by atoms with van der Waals surface area (Å²) in [6.45, 7) is 4.34. The highest BCUT2D eigenvalue weighted by atomic mass is 16.5. The Kier molecular flexibility index (Phi) is 3.53. The third-order valence-corrected chi connectivity index (χ3v) is 4.13. The van der Waals surface area contributed by atoms with Crippen LogP contribution in [0, 0.1) is 5.41 Å². The quantitative estimate of drug-likeness (QED) is 0.923. The first-order valence-corrected chi connectivity index (χ1v) is 7.43. The van der Waals surface area contributed by atoms with Crippen LogP contribution in [-0.4, -0.2) is 16.9 Å². The summed E-state index contributed by atoms with van der Waals surface area (Å²) in [4.78, 5) is 12.4. The van der Waals surface area contributed by atoms with E-state index >= 15 is 0 Å². The topological polar surface area (TPSA) is 70.1 Å². The lowest BCUT2D eigenvalue weighted by Gasteiger charge is -2.34. The van der Waals surface area contributed by atoms with Gasteiger partial charge in [-0.05, 0) is 36.0 Å². The van der Waals surface area contributed by atoms with Gasteiger partial charge >= 0.3 is 0 Å². The van der Waals surface area contributed by atoms with E-state index in [1.807, 2.05) is 18.2 Å². The molecule has 116 valence electrons. The van der Waals surface area contributed by atoms with Crippen LogP contribution in [0.15, 0.2) is 35.1 Å². The van der Waals surface area contributed by atoms with E-state index in [9.17, 15) is 4.79 Å². The molecule has 0 amide bonds. The number of fused-ring (bicyclic) bond motifs is 1. The van der Waals surface area contributed by atoms with Gasteiger partial charge in [0.1, 0.15) is 5.75 Å². The van der Waals surface area contributed by atoms with Gasteiger partial charge in [-0.2, -0.15) is 9.78 Å². The number of nitrogens with zero attached hydrogens (tertiary/aromatic N) is 2. The van der Waals surface area contributed by atoms with Crippen molar-refractivity contribution in [2.45, 2.75) is 32.7 Å². The smallest absolute Gasteiger partial charge is 0.271 e. The summed E-state index contributed by atoms with van der Waals surface area (Å²) in [7, 11) is 1.60. The minimum atomic E-state index is -0.142. The molecule has 3 rings (SSSR count). The molecule has 0 bridgehead atoms. The number of methoxy groups -OCH3 is 1. The highest BCUT2D eigenvalue weighted by molar-refractivity contribution is 5.39. The van der Waals surface area contributed by atoms with E-state index in [0.717, 1.165) is 24.1 Å². The van der Waals surface area contributed by atoms with E-state index in [0.29, 0.717) is 11.4 Å². The fraction of sp³-hybridized carbons (Fsp3) is 0.412. The second-order valence-corrected chi connectivity index (χ2v) is 6.66. The molecule has 1 aliphatic rings. The van der Waals surface area contributed by atoms with E-state index in [-0.39, 0.29) is 17.0 Å². The molecule has 2 aromatic rings. The van der Waals surface area contributed by atoms with Gasteiger partial charge in [0.15, 0.2) is 0 Å². The number of hydrogen-bond donors (Lipinski definition) is 1. The van der Waals surface area contributed by atoms with Crippen LogP contribution in [0.25, 0.3) is 5.69 Å². The molecule has 0 saturated heterocycles. The molecule has 1 heterocycles. The van der Waals surface area contributed by atoms with Gasteiger partial charge in [-0.3, -0.25) is 4.79 Å². The normalized spacial score (nSPS) is 19.5. The van der Waals surface area contributed by atoms with Gasteiger partial charge in [0.25, 0.3) is 5.56 Å². The number of benzene rings is 1. The van der Waals surface area contributed by atoms with Gasteiger partial charge in [0, 0.05) is 18.2 Å². The fourth-order valence-corrected chi connectivity index (χ4v) is 3.17. The van der Waals surface area contributed by atoms with Gasteiger partial charge < -0.3 is 10.5 Å². The Balaban J connectivity index is 2.12. The second kappa shape index (κ2) is 5.25. The number of ether oxygens (including phenoxy) is 1. The van der Waals surface area contributed by atoms with Crippen LogP contribution in [0.1, 0.15) is 37.6 Å². The molecule has 5 nitrogen and oxygen atoms in total. The average molecular weight is 299 g/mol. The number of rotatable bonds is 2. The van der Waals surface area contributed by atoms with Crippen LogP contribution in [0.2, 0.25) is 0 Å². The molecule has 1 aromatic carbocycles. The van der Waals surface area contributed by atoms with E-state index in [4.69, 9.17) is 10.5 Å². The average Bonchev–Trinajstić information content (AvgIpc) is 2.45. The van der Waals surface area contributed by atoms with Gasteiger partial charge in [-0.25, -0.2) is 0 Å². The van der Waals surface area contributed by atoms with Crippen molar-refractivity contribution in [3.63, 3.8) is 0 Å². The summed E-state index contributed by atoms with van der Waals surface area (Å²) in [6, 6.07) is 8.83. The van der Waals surface area contributed by atoms with E-state index in [1.165, 1.54) is 4.68 Å². The Labute approximate surface area is 129 Å². The van der Waals surface area contributed by atoms with Crippen LogP contribution in [0.5, 0.6) is 5.75 Å². The molecule has 0 aliphatic heterocycles. The minimum absolute atomic E-state index is 0.0999. The number of hydrogen-bond acceptors (Lipinski definition) is 4. The third-order valence-electron chi connectivity index (χ3n) is 4.13. The largest absolute Gasteiger partial charge is 0.497 e. The molecule has 1 aliphatic carbocycles. The van der Waals surface area contributed by atoms with Crippen LogP contribution in [0.3, 0.4) is 0 Å². The highest BCUT2D eigenvalue weighted by Gasteiger charge is 2.32. The van der Waals surface area contributed by atoms with Gasteiger partial charge in [-0.1, -0.05) is 19.9 Å². The van der Waals surface area contributed by atoms with Gasteiger partial charge in [0.2, 0.25) is 0 Å². The van der Waals surface area contributed by atoms with Crippen molar-refractivity contribution in [2.75, 3.05) is 7.11 Å². The van der Waals surface area contributed by atoms with Crippen molar-refractivity contribution in [1.29, 1.82) is 0 Å². The summed E-state index contributed by atoms with van der Waals surface area (Å²) in [5.74, 6) is 0.689. The molecular formula is C17H21N3O2. The molecule has 1 aromatic heterocycles. The second-order valence-electron chi connectivity index (χ2n) is 6.66. The summed E-state index contributed by atoms with van der Waals surface area (Å²) in [6.07, 6.45) is 1.69. The zero-order chi connectivity index (χ0) is 15.9. The molecule has 0 radical (unpaired) electrons. The zero-order valence-electron chi connectivity index (χ0n) is 13.2. The molecule has 0 spiro atoms. The van der Waals surface area contributed by atoms with Crippen LogP contribution in [0.4, 0.5) is 0 Å². The van der Waals surface area contributed by atoms with E-state index in [1.54, 1.807) is 19.2 Å². The molecular weight excluding hydrogens is 278 g/mol. The van der Waals surface area contributed by atoms with E-state index in [2.05, 4.69) is 18.9 Å². The lowest BCUT2D eigenvalue weighted by molar-refractivity contribution is 0.276. The summed E-state index contributed by atoms with van der Waals surface area (Å²) in [5.41, 5.74) is 8.70. The highest BCUT2D eigenvalue weighted by Crippen LogP contribution is 2.38. The molecule has 0 saturated carbocycles. The van der Waals surface area contributed by atoms with Gasteiger partial charge in [-0.15, -0.1) is 0 Å². The first-order valence-electron chi connectivity index (χ1n) is 7.43. The Hall–Kier alpha value is -2.14. The summed E-state index contributed by atoms with van der Waals surface area (Å²) < 4.78 is 6.61. The molecule has 1 atom stereocenters. The third kappa shape index (κ3) is 2.64. The van der Waals surface area contributed by atoms with Crippen LogP contribution in [-0.2, 0) is 6.42 Å². The first-order chi connectivity index (χ1) is 10.4. The lowest BCUT2D eigenvalue weighted by Crippen LogP contribution is -2.34. The maximum Gasteiger partial charge on any atom is 0.271 e. The van der Waals surface area contributed by atoms with Crippen molar-refractivity contribution in [1.82, 2.24) is 9.78 Å². The first kappa shape index (κ1) is 14.8. The zero-order valence-corrected chi connectivity index (χ0v) is 13.2. The monoisotopic (exact) mass is 299 g/mol. The Morgan fingerprint density at radius 2 is 2.14 bits per heavy atom. The lowest BCUT2D eigenvalue weighted by atomic mass is 9.74. The molecule has 5 heteroatoms. The van der Waals surface area contributed by atoms with Crippen molar-refractivity contribution in [3.05, 3.63) is 51.9 Å². The van der Waals surface area contributed by atoms with Crippen molar-refractivity contribution in [2.24, 2.45) is 11.1 Å². The maximum absolute atomic E-state index is 12.4. The summed E-state index contributed by atoms with van der Waals surface area (Å²) >= 11 is 0. The van der Waals surface area contributed by atoms with Crippen molar-refractivity contribution >= 4 is 0 Å².